The van der Waals surface area contributed by atoms with Crippen LogP contribution in [0.25, 0.3) is 0 Å². The van der Waals surface area contributed by atoms with Gasteiger partial charge in [0.15, 0.2) is 11.5 Å². The molecule has 0 aliphatic heterocycles. The van der Waals surface area contributed by atoms with Crippen LogP contribution in [-0.4, -0.2) is 25.1 Å². The zero-order chi connectivity index (χ0) is 22.4. The number of hydrogen-bond acceptors (Lipinski definition) is 6. The molecule has 8 nitrogen and oxygen atoms in total. The number of hydrogen-bond donors (Lipinski definition) is 1. The first-order chi connectivity index (χ1) is 14.9. The first-order valence-electron chi connectivity index (χ1n) is 9.13. The highest BCUT2D eigenvalue weighted by Crippen LogP contribution is 2.37. The zero-order valence-corrected chi connectivity index (χ0v) is 17.5. The van der Waals surface area contributed by atoms with Crippen LogP contribution in [0.5, 0.6) is 23.0 Å². The maximum Gasteiger partial charge on any atom is 0.313 e. The van der Waals surface area contributed by atoms with Gasteiger partial charge in [0.25, 0.3) is 5.91 Å². The number of nitro groups is 1. The van der Waals surface area contributed by atoms with Gasteiger partial charge in [0.1, 0.15) is 5.75 Å². The van der Waals surface area contributed by atoms with Gasteiger partial charge in [0.05, 0.1) is 19.1 Å². The van der Waals surface area contributed by atoms with E-state index in [0.29, 0.717) is 11.3 Å². The van der Waals surface area contributed by atoms with E-state index in [0.717, 1.165) is 5.56 Å². The second-order valence-electron chi connectivity index (χ2n) is 6.33. The molecule has 31 heavy (non-hydrogen) atoms. The fourth-order valence-corrected chi connectivity index (χ4v) is 3.02. The molecule has 0 bridgehead atoms. The van der Waals surface area contributed by atoms with Crippen LogP contribution in [0.4, 0.5) is 5.69 Å². The number of carbonyl (C=O) groups is 1. The second kappa shape index (κ2) is 9.82. The largest absolute Gasteiger partial charge is 0.496 e. The summed E-state index contributed by atoms with van der Waals surface area (Å²) in [7, 11) is 2.98. The number of nitro benzene ring substituents is 1. The summed E-state index contributed by atoms with van der Waals surface area (Å²) in [6, 6.07) is 16.0. The predicted octanol–water partition coefficient (Wildman–Crippen LogP) is 4.99. The number of methoxy groups -OCH3 is 2. The van der Waals surface area contributed by atoms with Crippen molar-refractivity contribution in [1.29, 1.82) is 0 Å². The molecule has 0 unspecified atom stereocenters. The number of halogens is 1. The average Bonchev–Trinajstić information content (AvgIpc) is 2.78. The van der Waals surface area contributed by atoms with Crippen LogP contribution in [-0.2, 0) is 6.54 Å². The van der Waals surface area contributed by atoms with Gasteiger partial charge in [-0.05, 0) is 36.4 Å². The van der Waals surface area contributed by atoms with E-state index in [2.05, 4.69) is 5.32 Å². The molecule has 9 heteroatoms. The summed E-state index contributed by atoms with van der Waals surface area (Å²) in [5, 5.41) is 14.3. The first kappa shape index (κ1) is 21.9. The Labute approximate surface area is 183 Å². The molecule has 0 atom stereocenters. The monoisotopic (exact) mass is 442 g/mol. The van der Waals surface area contributed by atoms with Gasteiger partial charge in [-0.15, -0.1) is 0 Å². The third-order valence-electron chi connectivity index (χ3n) is 4.40. The van der Waals surface area contributed by atoms with Crippen molar-refractivity contribution in [3.05, 3.63) is 86.9 Å². The number of carbonyl (C=O) groups excluding carboxylic acids is 1. The fraction of sp³-hybridized carbons (Fsp3) is 0.136. The van der Waals surface area contributed by atoms with E-state index in [-0.39, 0.29) is 40.4 Å². The third kappa shape index (κ3) is 5.23. The summed E-state index contributed by atoms with van der Waals surface area (Å²) in [4.78, 5) is 23.3. The Morgan fingerprint density at radius 1 is 0.968 bits per heavy atom. The Morgan fingerprint density at radius 3 is 2.39 bits per heavy atom. The van der Waals surface area contributed by atoms with Crippen molar-refractivity contribution in [3.63, 3.8) is 0 Å². The molecule has 1 amide bonds. The molecule has 0 fully saturated rings. The Morgan fingerprint density at radius 2 is 1.68 bits per heavy atom. The van der Waals surface area contributed by atoms with Gasteiger partial charge in [-0.25, -0.2) is 0 Å². The van der Waals surface area contributed by atoms with Crippen LogP contribution < -0.4 is 19.5 Å². The van der Waals surface area contributed by atoms with Crippen LogP contribution in [0.1, 0.15) is 15.9 Å². The first-order valence-corrected chi connectivity index (χ1v) is 9.50. The van der Waals surface area contributed by atoms with Gasteiger partial charge in [-0.1, -0.05) is 29.8 Å². The highest BCUT2D eigenvalue weighted by atomic mass is 35.5. The summed E-state index contributed by atoms with van der Waals surface area (Å²) in [6.45, 7) is 0.278. The van der Waals surface area contributed by atoms with Crippen molar-refractivity contribution in [2.24, 2.45) is 0 Å². The lowest BCUT2D eigenvalue weighted by Crippen LogP contribution is -2.23. The van der Waals surface area contributed by atoms with Crippen molar-refractivity contribution in [1.82, 2.24) is 5.32 Å². The molecule has 0 aliphatic rings. The van der Waals surface area contributed by atoms with Gasteiger partial charge < -0.3 is 19.5 Å². The maximum absolute atomic E-state index is 12.6. The number of nitrogens with one attached hydrogen (secondary N) is 1. The van der Waals surface area contributed by atoms with Crippen molar-refractivity contribution in [3.8, 4) is 23.0 Å². The molecule has 160 valence electrons. The quantitative estimate of drug-likeness (QED) is 0.389. The SMILES string of the molecule is COc1ccccc1CNC(=O)c1ccc(Oc2ccc(Cl)cc2[N+](=O)[O-])c(OC)c1. The van der Waals surface area contributed by atoms with E-state index in [1.807, 2.05) is 24.3 Å². The molecule has 0 radical (unpaired) electrons. The number of para-hydroxylation sites is 1. The van der Waals surface area contributed by atoms with Crippen molar-refractivity contribution in [2.75, 3.05) is 14.2 Å². The average molecular weight is 443 g/mol. The van der Waals surface area contributed by atoms with Crippen molar-refractivity contribution < 1.29 is 23.9 Å². The van der Waals surface area contributed by atoms with E-state index in [9.17, 15) is 14.9 Å². The number of benzene rings is 3. The van der Waals surface area contributed by atoms with E-state index in [1.54, 1.807) is 7.11 Å². The molecule has 0 aromatic heterocycles. The lowest BCUT2D eigenvalue weighted by molar-refractivity contribution is -0.385. The molecular formula is C22H19ClN2O6. The van der Waals surface area contributed by atoms with Gasteiger partial charge in [-0.3, -0.25) is 14.9 Å². The maximum atomic E-state index is 12.6. The number of ether oxygens (including phenoxy) is 3. The van der Waals surface area contributed by atoms with Crippen LogP contribution >= 0.6 is 11.6 Å². The van der Waals surface area contributed by atoms with Crippen LogP contribution in [0.3, 0.4) is 0 Å². The number of nitrogens with zero attached hydrogens (tertiary/aromatic N) is 1. The molecule has 1 N–H and O–H groups in total. The highest BCUT2D eigenvalue weighted by Gasteiger charge is 2.19. The van der Waals surface area contributed by atoms with Gasteiger partial charge in [0.2, 0.25) is 5.75 Å². The molecule has 0 aliphatic carbocycles. The van der Waals surface area contributed by atoms with Crippen LogP contribution in [0.2, 0.25) is 5.02 Å². The molecule has 0 saturated heterocycles. The Kier molecular flexibility index (Phi) is 6.94. The molecule has 0 saturated carbocycles. The topological polar surface area (TPSA) is 99.9 Å². The lowest BCUT2D eigenvalue weighted by atomic mass is 10.1. The minimum absolute atomic E-state index is 0.000995. The van der Waals surface area contributed by atoms with E-state index < -0.39 is 4.92 Å². The molecular weight excluding hydrogens is 424 g/mol. The Hall–Kier alpha value is -3.78. The third-order valence-corrected chi connectivity index (χ3v) is 4.63. The summed E-state index contributed by atoms with van der Waals surface area (Å²) in [5.41, 5.74) is 0.887. The molecule has 0 heterocycles. The van der Waals surface area contributed by atoms with Crippen molar-refractivity contribution in [2.45, 2.75) is 6.54 Å². The Bertz CT molecular complexity index is 1120. The van der Waals surface area contributed by atoms with Crippen LogP contribution in [0.15, 0.2) is 60.7 Å². The summed E-state index contributed by atoms with van der Waals surface area (Å²) in [6.07, 6.45) is 0. The van der Waals surface area contributed by atoms with Gasteiger partial charge in [0, 0.05) is 28.8 Å². The predicted molar refractivity (Wildman–Crippen MR) is 115 cm³/mol. The summed E-state index contributed by atoms with van der Waals surface area (Å²) < 4.78 is 16.3. The summed E-state index contributed by atoms with van der Waals surface area (Å²) in [5.74, 6) is 0.811. The minimum Gasteiger partial charge on any atom is -0.496 e. The number of rotatable bonds is 8. The molecule has 3 rings (SSSR count). The smallest absolute Gasteiger partial charge is 0.313 e. The van der Waals surface area contributed by atoms with Crippen molar-refractivity contribution >= 4 is 23.2 Å². The fourth-order valence-electron chi connectivity index (χ4n) is 2.86. The number of amides is 1. The Balaban J connectivity index is 1.78. The van der Waals surface area contributed by atoms with Gasteiger partial charge in [-0.2, -0.15) is 0 Å². The van der Waals surface area contributed by atoms with Gasteiger partial charge >= 0.3 is 5.69 Å². The van der Waals surface area contributed by atoms with E-state index in [1.165, 1.54) is 43.5 Å². The molecule has 3 aromatic carbocycles. The lowest BCUT2D eigenvalue weighted by Gasteiger charge is -2.13. The standard InChI is InChI=1S/C22H19ClN2O6/c1-29-18-6-4-3-5-15(18)13-24-22(26)14-7-9-20(21(11-14)30-2)31-19-10-8-16(23)12-17(19)25(27)28/h3-12H,13H2,1-2H3,(H,24,26). The summed E-state index contributed by atoms with van der Waals surface area (Å²) >= 11 is 5.83. The normalized spacial score (nSPS) is 10.3. The second-order valence-corrected chi connectivity index (χ2v) is 6.77. The van der Waals surface area contributed by atoms with Crippen LogP contribution in [0, 0.1) is 10.1 Å². The van der Waals surface area contributed by atoms with E-state index >= 15 is 0 Å². The zero-order valence-electron chi connectivity index (χ0n) is 16.8. The minimum atomic E-state index is -0.590. The molecule has 0 spiro atoms. The highest BCUT2D eigenvalue weighted by molar-refractivity contribution is 6.30. The van der Waals surface area contributed by atoms with E-state index in [4.69, 9.17) is 25.8 Å². The molecule has 3 aromatic rings.